The Morgan fingerprint density at radius 3 is 2.27 bits per heavy atom. The Labute approximate surface area is 92.5 Å². The van der Waals surface area contributed by atoms with Gasteiger partial charge in [0.15, 0.2) is 0 Å². The molecular weight excluding hydrogens is 190 g/mol. The fourth-order valence-electron chi connectivity index (χ4n) is 2.92. The average molecular weight is 213 g/mol. The second kappa shape index (κ2) is 4.12. The minimum atomic E-state index is -0.635. The summed E-state index contributed by atoms with van der Waals surface area (Å²) in [5.41, 5.74) is -0.112. The first kappa shape index (κ1) is 12.5. The van der Waals surface area contributed by atoms with Crippen molar-refractivity contribution in [2.75, 3.05) is 14.1 Å². The van der Waals surface area contributed by atoms with Crippen LogP contribution >= 0.6 is 0 Å². The molecule has 3 nitrogen and oxygen atoms in total. The van der Waals surface area contributed by atoms with Crippen LogP contribution in [0, 0.1) is 17.3 Å². The molecule has 0 aromatic heterocycles. The summed E-state index contributed by atoms with van der Waals surface area (Å²) >= 11 is 0. The molecule has 1 saturated carbocycles. The van der Waals surface area contributed by atoms with Gasteiger partial charge in [-0.1, -0.05) is 20.8 Å². The molecule has 3 heteroatoms. The first-order valence-electron chi connectivity index (χ1n) is 5.67. The summed E-state index contributed by atoms with van der Waals surface area (Å²) in [6, 6.07) is 0.510. The smallest absolute Gasteiger partial charge is 0.307 e. The van der Waals surface area contributed by atoms with E-state index in [0.717, 1.165) is 12.8 Å². The summed E-state index contributed by atoms with van der Waals surface area (Å²) in [6.07, 6.45) is 1.80. The van der Waals surface area contributed by atoms with E-state index in [-0.39, 0.29) is 11.3 Å². The second-order valence-corrected chi connectivity index (χ2v) is 5.61. The number of hydrogen-bond donors (Lipinski definition) is 1. The van der Waals surface area contributed by atoms with E-state index in [0.29, 0.717) is 12.0 Å². The number of carbonyl (C=O) groups is 1. The van der Waals surface area contributed by atoms with Gasteiger partial charge < -0.3 is 10.0 Å². The van der Waals surface area contributed by atoms with Crippen molar-refractivity contribution in [2.45, 2.75) is 39.7 Å². The molecule has 1 fully saturated rings. The summed E-state index contributed by atoms with van der Waals surface area (Å²) in [5.74, 6) is -0.407. The van der Waals surface area contributed by atoms with Crippen molar-refractivity contribution < 1.29 is 9.90 Å². The van der Waals surface area contributed by atoms with Crippen molar-refractivity contribution >= 4 is 5.97 Å². The van der Waals surface area contributed by atoms with Crippen LogP contribution in [0.2, 0.25) is 0 Å². The van der Waals surface area contributed by atoms with Gasteiger partial charge in [0.2, 0.25) is 0 Å². The highest BCUT2D eigenvalue weighted by molar-refractivity contribution is 5.71. The number of rotatable bonds is 2. The van der Waals surface area contributed by atoms with E-state index in [1.165, 1.54) is 0 Å². The predicted octanol–water partition coefficient (Wildman–Crippen LogP) is 2.07. The second-order valence-electron chi connectivity index (χ2n) is 5.61. The van der Waals surface area contributed by atoms with E-state index in [1.54, 1.807) is 0 Å². The molecule has 1 aliphatic carbocycles. The lowest BCUT2D eigenvalue weighted by Gasteiger charge is -2.48. The molecule has 0 amide bonds. The molecule has 0 bridgehead atoms. The van der Waals surface area contributed by atoms with Crippen molar-refractivity contribution in [3.8, 4) is 0 Å². The van der Waals surface area contributed by atoms with Crippen LogP contribution in [0.25, 0.3) is 0 Å². The van der Waals surface area contributed by atoms with Crippen LogP contribution in [0.4, 0.5) is 0 Å². The number of carboxylic acids is 1. The predicted molar refractivity (Wildman–Crippen MR) is 60.8 cm³/mol. The fourth-order valence-corrected chi connectivity index (χ4v) is 2.92. The molecular formula is C12H23NO2. The topological polar surface area (TPSA) is 40.5 Å². The maximum absolute atomic E-state index is 11.2. The lowest BCUT2D eigenvalue weighted by molar-refractivity contribution is -0.151. The molecule has 3 unspecified atom stereocenters. The van der Waals surface area contributed by atoms with Gasteiger partial charge in [-0.05, 0) is 38.3 Å². The Morgan fingerprint density at radius 2 is 1.87 bits per heavy atom. The molecule has 0 saturated heterocycles. The number of nitrogens with zero attached hydrogens (tertiary/aromatic N) is 1. The highest BCUT2D eigenvalue weighted by Crippen LogP contribution is 2.46. The van der Waals surface area contributed by atoms with Crippen LogP contribution in [-0.2, 0) is 4.79 Å². The van der Waals surface area contributed by atoms with Crippen LogP contribution in [0.1, 0.15) is 33.6 Å². The van der Waals surface area contributed by atoms with E-state index in [9.17, 15) is 9.90 Å². The first-order chi connectivity index (χ1) is 6.78. The molecule has 88 valence electrons. The monoisotopic (exact) mass is 213 g/mol. The van der Waals surface area contributed by atoms with Crippen molar-refractivity contribution in [1.29, 1.82) is 0 Å². The summed E-state index contributed by atoms with van der Waals surface area (Å²) in [5, 5.41) is 9.20. The molecule has 1 rings (SSSR count). The van der Waals surface area contributed by atoms with Gasteiger partial charge in [0.25, 0.3) is 0 Å². The third-order valence-corrected chi connectivity index (χ3v) is 4.36. The van der Waals surface area contributed by atoms with Crippen LogP contribution in [0.15, 0.2) is 0 Å². The van der Waals surface area contributed by atoms with Crippen molar-refractivity contribution in [3.63, 3.8) is 0 Å². The molecule has 0 aromatic carbocycles. The summed E-state index contributed by atoms with van der Waals surface area (Å²) in [4.78, 5) is 13.4. The van der Waals surface area contributed by atoms with Crippen LogP contribution in [-0.4, -0.2) is 36.1 Å². The van der Waals surface area contributed by atoms with Crippen LogP contribution < -0.4 is 0 Å². The van der Waals surface area contributed by atoms with Crippen molar-refractivity contribution in [2.24, 2.45) is 17.3 Å². The Kier molecular flexibility index (Phi) is 3.44. The van der Waals surface area contributed by atoms with Gasteiger partial charge in [0.1, 0.15) is 0 Å². The van der Waals surface area contributed by atoms with E-state index in [4.69, 9.17) is 0 Å². The first-order valence-corrected chi connectivity index (χ1v) is 5.67. The van der Waals surface area contributed by atoms with Gasteiger partial charge in [-0.25, -0.2) is 0 Å². The Morgan fingerprint density at radius 1 is 1.33 bits per heavy atom. The van der Waals surface area contributed by atoms with Gasteiger partial charge in [-0.15, -0.1) is 0 Å². The van der Waals surface area contributed by atoms with Gasteiger partial charge >= 0.3 is 5.97 Å². The zero-order valence-electron chi connectivity index (χ0n) is 10.4. The van der Waals surface area contributed by atoms with E-state index in [1.807, 2.05) is 0 Å². The molecule has 0 spiro atoms. The largest absolute Gasteiger partial charge is 0.481 e. The Hall–Kier alpha value is -0.570. The van der Waals surface area contributed by atoms with Crippen molar-refractivity contribution in [3.05, 3.63) is 0 Å². The summed E-state index contributed by atoms with van der Waals surface area (Å²) < 4.78 is 0. The fraction of sp³-hybridized carbons (Fsp3) is 0.917. The standard InChI is InChI=1S/C12H23NO2/c1-8-10(13(4)5)7-6-9(11(14)15)12(8,2)3/h8-10H,6-7H2,1-5H3,(H,14,15). The van der Waals surface area contributed by atoms with Gasteiger partial charge in [0, 0.05) is 6.04 Å². The Bertz CT molecular complexity index is 248. The molecule has 0 aromatic rings. The van der Waals surface area contributed by atoms with Gasteiger partial charge in [0.05, 0.1) is 5.92 Å². The number of hydrogen-bond acceptors (Lipinski definition) is 2. The zero-order valence-corrected chi connectivity index (χ0v) is 10.4. The minimum Gasteiger partial charge on any atom is -0.481 e. The van der Waals surface area contributed by atoms with Gasteiger partial charge in [-0.2, -0.15) is 0 Å². The normalized spacial score (nSPS) is 35.5. The third-order valence-electron chi connectivity index (χ3n) is 4.36. The highest BCUT2D eigenvalue weighted by atomic mass is 16.4. The molecule has 15 heavy (non-hydrogen) atoms. The molecule has 1 N–H and O–H groups in total. The minimum absolute atomic E-state index is 0.112. The molecule has 3 atom stereocenters. The van der Waals surface area contributed by atoms with E-state index >= 15 is 0 Å². The lowest BCUT2D eigenvalue weighted by atomic mass is 9.61. The third kappa shape index (κ3) is 2.17. The molecule has 1 aliphatic rings. The zero-order chi connectivity index (χ0) is 11.8. The number of aliphatic carboxylic acids is 1. The van der Waals surface area contributed by atoms with E-state index in [2.05, 4.69) is 39.8 Å². The highest BCUT2D eigenvalue weighted by Gasteiger charge is 2.46. The lowest BCUT2D eigenvalue weighted by Crippen LogP contribution is -2.50. The quantitative estimate of drug-likeness (QED) is 0.763. The van der Waals surface area contributed by atoms with Gasteiger partial charge in [-0.3, -0.25) is 4.79 Å². The van der Waals surface area contributed by atoms with Crippen molar-refractivity contribution in [1.82, 2.24) is 4.90 Å². The summed E-state index contributed by atoms with van der Waals surface area (Å²) in [7, 11) is 4.16. The molecule has 0 heterocycles. The SMILES string of the molecule is CC1C(N(C)C)CCC(C(=O)O)C1(C)C. The van der Waals surface area contributed by atoms with Crippen LogP contribution in [0.5, 0.6) is 0 Å². The molecule has 0 aliphatic heterocycles. The number of carboxylic acid groups (broad SMARTS) is 1. The van der Waals surface area contributed by atoms with E-state index < -0.39 is 5.97 Å². The average Bonchev–Trinajstić information content (AvgIpc) is 2.07. The summed E-state index contributed by atoms with van der Waals surface area (Å²) in [6.45, 7) is 6.36. The Balaban J connectivity index is 2.88. The maximum Gasteiger partial charge on any atom is 0.307 e. The van der Waals surface area contributed by atoms with Crippen LogP contribution in [0.3, 0.4) is 0 Å². The molecule has 0 radical (unpaired) electrons. The maximum atomic E-state index is 11.2.